The summed E-state index contributed by atoms with van der Waals surface area (Å²) in [6, 6.07) is 17.4. The summed E-state index contributed by atoms with van der Waals surface area (Å²) in [5.74, 6) is 2.25. The third-order valence-electron chi connectivity index (χ3n) is 5.02. The maximum atomic E-state index is 12.5. The van der Waals surface area contributed by atoms with Crippen LogP contribution in [0.1, 0.15) is 11.3 Å². The molecule has 0 saturated carbocycles. The number of pyridine rings is 1. The van der Waals surface area contributed by atoms with E-state index in [0.717, 1.165) is 27.9 Å². The van der Waals surface area contributed by atoms with Gasteiger partial charge < -0.3 is 4.42 Å². The number of rotatable bonds is 7. The molecule has 0 aliphatic heterocycles. The van der Waals surface area contributed by atoms with Gasteiger partial charge in [-0.05, 0) is 36.8 Å². The second kappa shape index (κ2) is 8.27. The number of benzene rings is 1. The molecule has 0 spiro atoms. The molecule has 0 atom stereocenters. The zero-order chi connectivity index (χ0) is 21.2. The molecule has 8 nitrogen and oxygen atoms in total. The first-order chi connectivity index (χ1) is 15.2. The van der Waals surface area contributed by atoms with Gasteiger partial charge in [0.25, 0.3) is 0 Å². The highest BCUT2D eigenvalue weighted by atomic mass is 32.2. The van der Waals surface area contributed by atoms with Gasteiger partial charge in [0, 0.05) is 17.5 Å². The first kappa shape index (κ1) is 19.4. The fraction of sp³-hybridized carbons (Fsp3) is 0.182. The zero-order valence-electron chi connectivity index (χ0n) is 16.9. The molecule has 0 amide bonds. The third kappa shape index (κ3) is 3.79. The van der Waals surface area contributed by atoms with Gasteiger partial charge in [-0.3, -0.25) is 8.97 Å². The molecular formula is C22H20N6O2S. The highest BCUT2D eigenvalue weighted by Crippen LogP contribution is 2.27. The Morgan fingerprint density at radius 2 is 1.90 bits per heavy atom. The van der Waals surface area contributed by atoms with Gasteiger partial charge in [-0.25, -0.2) is 9.48 Å². The second-order valence-electron chi connectivity index (χ2n) is 7.07. The van der Waals surface area contributed by atoms with E-state index in [0.29, 0.717) is 24.5 Å². The number of hydrogen-bond donors (Lipinski definition) is 0. The number of fused-ring (bicyclic) bond motifs is 1. The Kier molecular flexibility index (Phi) is 5.17. The van der Waals surface area contributed by atoms with E-state index in [2.05, 4.69) is 32.9 Å². The SMILES string of the molecule is Cc1ccccc1-c1nnc(SCCn2nc3ccccn3c2=O)n1Cc1ccco1. The Bertz CT molecular complexity index is 1380. The predicted molar refractivity (Wildman–Crippen MR) is 118 cm³/mol. The monoisotopic (exact) mass is 432 g/mol. The van der Waals surface area contributed by atoms with Crippen molar-refractivity contribution in [3.63, 3.8) is 0 Å². The molecule has 1 aromatic carbocycles. The van der Waals surface area contributed by atoms with Gasteiger partial charge in [0.15, 0.2) is 16.6 Å². The molecule has 0 fully saturated rings. The van der Waals surface area contributed by atoms with Crippen molar-refractivity contribution in [3.8, 4) is 11.4 Å². The number of thioether (sulfide) groups is 1. The summed E-state index contributed by atoms with van der Waals surface area (Å²) in [7, 11) is 0. The van der Waals surface area contributed by atoms with Gasteiger partial charge in [-0.1, -0.05) is 42.1 Å². The Hall–Kier alpha value is -3.59. The van der Waals surface area contributed by atoms with Crippen LogP contribution < -0.4 is 5.69 Å². The molecule has 0 unspecified atom stereocenters. The van der Waals surface area contributed by atoms with E-state index >= 15 is 0 Å². The van der Waals surface area contributed by atoms with Crippen molar-refractivity contribution in [1.82, 2.24) is 28.9 Å². The van der Waals surface area contributed by atoms with Crippen molar-refractivity contribution < 1.29 is 4.42 Å². The average molecular weight is 433 g/mol. The van der Waals surface area contributed by atoms with Crippen molar-refractivity contribution in [2.24, 2.45) is 0 Å². The fourth-order valence-corrected chi connectivity index (χ4v) is 4.31. The lowest BCUT2D eigenvalue weighted by molar-refractivity contribution is 0.485. The molecule has 0 N–H and O–H groups in total. The Morgan fingerprint density at radius 1 is 1.03 bits per heavy atom. The largest absolute Gasteiger partial charge is 0.467 e. The summed E-state index contributed by atoms with van der Waals surface area (Å²) in [6.45, 7) is 3.06. The lowest BCUT2D eigenvalue weighted by Gasteiger charge is -2.10. The summed E-state index contributed by atoms with van der Waals surface area (Å²) in [5.41, 5.74) is 2.66. The molecule has 0 saturated heterocycles. The molecule has 0 radical (unpaired) electrons. The predicted octanol–water partition coefficient (Wildman–Crippen LogP) is 3.50. The minimum absolute atomic E-state index is 0.145. The van der Waals surface area contributed by atoms with Crippen molar-refractivity contribution in [2.75, 3.05) is 5.75 Å². The minimum atomic E-state index is -0.145. The summed E-state index contributed by atoms with van der Waals surface area (Å²) < 4.78 is 10.6. The second-order valence-corrected chi connectivity index (χ2v) is 8.13. The summed E-state index contributed by atoms with van der Waals surface area (Å²) in [6.07, 6.45) is 3.39. The van der Waals surface area contributed by atoms with E-state index in [1.165, 1.54) is 4.68 Å². The third-order valence-corrected chi connectivity index (χ3v) is 5.97. The van der Waals surface area contributed by atoms with E-state index in [1.807, 2.05) is 48.5 Å². The normalized spacial score (nSPS) is 11.4. The molecule has 0 aliphatic rings. The molecule has 9 heteroatoms. The number of aromatic nitrogens is 6. The molecule has 31 heavy (non-hydrogen) atoms. The Morgan fingerprint density at radius 3 is 2.71 bits per heavy atom. The van der Waals surface area contributed by atoms with Crippen LogP contribution in [0.3, 0.4) is 0 Å². The molecule has 4 heterocycles. The van der Waals surface area contributed by atoms with Crippen molar-refractivity contribution in [3.05, 3.63) is 88.9 Å². The van der Waals surface area contributed by atoms with Crippen LogP contribution >= 0.6 is 11.8 Å². The molecule has 156 valence electrons. The van der Waals surface area contributed by atoms with Gasteiger partial charge in [-0.15, -0.1) is 15.3 Å². The number of nitrogens with zero attached hydrogens (tertiary/aromatic N) is 6. The standard InChI is InChI=1S/C22H20N6O2S/c1-16-7-2-3-9-18(16)20-23-24-21(27(20)15-17-8-6-13-30-17)31-14-12-28-22(29)26-11-5-4-10-19(26)25-28/h2-11,13H,12,14-15H2,1H3. The van der Waals surface area contributed by atoms with Crippen LogP contribution in [0.2, 0.25) is 0 Å². The van der Waals surface area contributed by atoms with E-state index < -0.39 is 0 Å². The quantitative estimate of drug-likeness (QED) is 0.366. The number of furan rings is 1. The van der Waals surface area contributed by atoms with Crippen molar-refractivity contribution in [2.45, 2.75) is 25.2 Å². The van der Waals surface area contributed by atoms with Crippen molar-refractivity contribution in [1.29, 1.82) is 0 Å². The molecule has 0 aliphatic carbocycles. The smallest absolute Gasteiger partial charge is 0.350 e. The minimum Gasteiger partial charge on any atom is -0.467 e. The van der Waals surface area contributed by atoms with Crippen LogP contribution in [0.25, 0.3) is 17.0 Å². The lowest BCUT2D eigenvalue weighted by Crippen LogP contribution is -2.22. The molecule has 5 rings (SSSR count). The molecular weight excluding hydrogens is 412 g/mol. The topological polar surface area (TPSA) is 83.2 Å². The van der Waals surface area contributed by atoms with E-state index in [1.54, 1.807) is 28.6 Å². The molecule has 4 aromatic heterocycles. The van der Waals surface area contributed by atoms with E-state index in [4.69, 9.17) is 4.42 Å². The Balaban J connectivity index is 1.41. The molecule has 0 bridgehead atoms. The van der Waals surface area contributed by atoms with Crippen LogP contribution in [0, 0.1) is 6.92 Å². The maximum absolute atomic E-state index is 12.5. The van der Waals surface area contributed by atoms with Gasteiger partial charge in [-0.2, -0.15) is 0 Å². The summed E-state index contributed by atoms with van der Waals surface area (Å²) in [5, 5.41) is 14.1. The van der Waals surface area contributed by atoms with Crippen LogP contribution in [0.4, 0.5) is 0 Å². The van der Waals surface area contributed by atoms with Gasteiger partial charge >= 0.3 is 5.69 Å². The van der Waals surface area contributed by atoms with Crippen LogP contribution in [-0.4, -0.2) is 34.7 Å². The molecule has 5 aromatic rings. The highest BCUT2D eigenvalue weighted by Gasteiger charge is 2.17. The van der Waals surface area contributed by atoms with Gasteiger partial charge in [0.1, 0.15) is 5.76 Å². The first-order valence-electron chi connectivity index (χ1n) is 9.89. The fourth-order valence-electron chi connectivity index (χ4n) is 3.46. The highest BCUT2D eigenvalue weighted by molar-refractivity contribution is 7.99. The summed E-state index contributed by atoms with van der Waals surface area (Å²) in [4.78, 5) is 12.5. The van der Waals surface area contributed by atoms with Crippen molar-refractivity contribution >= 4 is 17.4 Å². The van der Waals surface area contributed by atoms with Crippen LogP contribution in [-0.2, 0) is 13.1 Å². The summed E-state index contributed by atoms with van der Waals surface area (Å²) >= 11 is 1.54. The number of hydrogen-bond acceptors (Lipinski definition) is 6. The van der Waals surface area contributed by atoms with E-state index in [9.17, 15) is 4.79 Å². The Labute approximate surface area is 182 Å². The van der Waals surface area contributed by atoms with Crippen LogP contribution in [0.5, 0.6) is 0 Å². The average Bonchev–Trinajstić information content (AvgIpc) is 3.51. The maximum Gasteiger partial charge on any atom is 0.350 e. The lowest BCUT2D eigenvalue weighted by atomic mass is 10.1. The van der Waals surface area contributed by atoms with Gasteiger partial charge in [0.05, 0.1) is 19.4 Å². The van der Waals surface area contributed by atoms with Gasteiger partial charge in [0.2, 0.25) is 0 Å². The number of aryl methyl sites for hydroxylation is 2. The first-order valence-corrected chi connectivity index (χ1v) is 10.9. The zero-order valence-corrected chi connectivity index (χ0v) is 17.7. The van der Waals surface area contributed by atoms with Crippen LogP contribution in [0.15, 0.2) is 81.4 Å². The van der Waals surface area contributed by atoms with E-state index in [-0.39, 0.29) is 5.69 Å².